The van der Waals surface area contributed by atoms with Gasteiger partial charge in [0.1, 0.15) is 0 Å². The zero-order valence-corrected chi connectivity index (χ0v) is 69.2. The van der Waals surface area contributed by atoms with Gasteiger partial charge in [-0.05, 0) is 296 Å². The molecule has 98 heavy (non-hydrogen) atoms. The van der Waals surface area contributed by atoms with Crippen LogP contribution in [0.1, 0.15) is 334 Å². The summed E-state index contributed by atoms with van der Waals surface area (Å²) >= 11 is 0. The molecule has 22 atom stereocenters. The van der Waals surface area contributed by atoms with Crippen molar-refractivity contribution in [2.45, 2.75) is 383 Å². The standard InChI is InChI=1S/2C12H22O.6C11H20O/c1-9(2)7-10-8-12(3,4)6-5-11(10)13;1-9(2)8-10-11(13)6-5-7-12(10,3)4;1-8(2)11(4)6-9(3)5-10(12)7-11;1-8(2)11(4)6-5-10(12)9(3)7-11;1-8(2)11(4)6-5-10(12)7-9(11)3;1-8(2)11(4)6-5-9(3)10(12)7-11;1-8(2)11(4)7-10(12)6-5-9(11)3;1-8(2)11(4)7-5-6-10(12)9(11)3/h7,10-11,13H,5-6,8H2,1-4H3;8,10-11,13H,5-7H2,1-4H3;6*9-10,12H,1,5-7H2,2-4H3. The van der Waals surface area contributed by atoms with Crippen molar-refractivity contribution in [2.75, 3.05) is 0 Å². The van der Waals surface area contributed by atoms with Crippen LogP contribution in [0.2, 0.25) is 0 Å². The summed E-state index contributed by atoms with van der Waals surface area (Å²) in [7, 11) is 0. The van der Waals surface area contributed by atoms with Gasteiger partial charge in [-0.15, -0.1) is 0 Å². The number of allylic oxidation sites excluding steroid dienone is 8. The molecule has 0 aliphatic heterocycles. The highest BCUT2D eigenvalue weighted by Crippen LogP contribution is 2.50. The molecule has 0 heterocycles. The number of aliphatic hydroxyl groups excluding tert-OH is 8. The molecule has 8 heteroatoms. The Labute approximate surface area is 607 Å². The summed E-state index contributed by atoms with van der Waals surface area (Å²) < 4.78 is 0. The van der Waals surface area contributed by atoms with Gasteiger partial charge < -0.3 is 40.9 Å². The van der Waals surface area contributed by atoms with E-state index in [0.717, 1.165) is 122 Å². The molecule has 0 aromatic heterocycles. The smallest absolute Gasteiger partial charge is 0.0608 e. The van der Waals surface area contributed by atoms with E-state index in [1.807, 2.05) is 0 Å². The molecule has 572 valence electrons. The van der Waals surface area contributed by atoms with Crippen molar-refractivity contribution < 1.29 is 40.9 Å². The third-order valence-corrected chi connectivity index (χ3v) is 27.3. The fourth-order valence-corrected chi connectivity index (χ4v) is 17.4. The maximum atomic E-state index is 9.91. The highest BCUT2D eigenvalue weighted by atomic mass is 16.3. The summed E-state index contributed by atoms with van der Waals surface area (Å²) in [5.41, 5.74) is 12.0. The zero-order chi connectivity index (χ0) is 76.2. The molecule has 8 N–H and O–H groups in total. The lowest BCUT2D eigenvalue weighted by Crippen LogP contribution is -2.38. The van der Waals surface area contributed by atoms with E-state index in [0.29, 0.717) is 52.8 Å². The predicted octanol–water partition coefficient (Wildman–Crippen LogP) is 22.8. The minimum absolute atomic E-state index is 0.0765. The molecule has 0 radical (unpaired) electrons. The van der Waals surface area contributed by atoms with E-state index in [1.165, 1.54) is 76.7 Å². The first-order chi connectivity index (χ1) is 44.6. The summed E-state index contributed by atoms with van der Waals surface area (Å²) in [5, 5.41) is 77.4. The van der Waals surface area contributed by atoms with Crippen LogP contribution in [0.5, 0.6) is 0 Å². The molecule has 0 saturated heterocycles. The molecule has 8 fully saturated rings. The Morgan fingerprint density at radius 3 is 1.27 bits per heavy atom. The molecular formula is C90H164O8. The second-order valence-corrected chi connectivity index (χ2v) is 38.1. The van der Waals surface area contributed by atoms with Crippen molar-refractivity contribution in [2.24, 2.45) is 90.7 Å². The van der Waals surface area contributed by atoms with E-state index < -0.39 is 0 Å². The van der Waals surface area contributed by atoms with Gasteiger partial charge in [0.15, 0.2) is 0 Å². The van der Waals surface area contributed by atoms with Crippen LogP contribution in [-0.4, -0.2) is 89.7 Å². The summed E-state index contributed by atoms with van der Waals surface area (Å²) in [6, 6.07) is 0. The lowest BCUT2D eigenvalue weighted by atomic mass is 9.64. The first kappa shape index (κ1) is 93.6. The summed E-state index contributed by atoms with van der Waals surface area (Å²) in [4.78, 5) is 0. The molecule has 0 aromatic carbocycles. The Bertz CT molecular complexity index is 2470. The van der Waals surface area contributed by atoms with Gasteiger partial charge in [0, 0.05) is 11.8 Å². The van der Waals surface area contributed by atoms with Crippen LogP contribution in [0, 0.1) is 90.7 Å². The summed E-state index contributed by atoms with van der Waals surface area (Å²) in [6.07, 6.45) is 28.8. The number of aliphatic hydroxyl groups is 8. The van der Waals surface area contributed by atoms with Crippen LogP contribution in [0.4, 0.5) is 0 Å². The average molecular weight is 1370 g/mol. The molecule has 22 unspecified atom stereocenters. The number of hydrogen-bond acceptors (Lipinski definition) is 8. The van der Waals surface area contributed by atoms with Gasteiger partial charge in [-0.3, -0.25) is 0 Å². The van der Waals surface area contributed by atoms with Gasteiger partial charge in [0.25, 0.3) is 0 Å². The largest absolute Gasteiger partial charge is 0.393 e. The van der Waals surface area contributed by atoms with E-state index in [-0.39, 0.29) is 86.7 Å². The third-order valence-electron chi connectivity index (χ3n) is 27.3. The van der Waals surface area contributed by atoms with Crippen molar-refractivity contribution in [3.05, 3.63) is 96.2 Å². The van der Waals surface area contributed by atoms with Crippen molar-refractivity contribution >= 4 is 0 Å². The van der Waals surface area contributed by atoms with Crippen molar-refractivity contribution in [3.8, 4) is 0 Å². The maximum Gasteiger partial charge on any atom is 0.0608 e. The summed E-state index contributed by atoms with van der Waals surface area (Å²) in [5.74, 6) is 3.87. The average Bonchev–Trinajstić information content (AvgIpc) is 0.843. The highest BCUT2D eigenvalue weighted by Gasteiger charge is 2.43. The van der Waals surface area contributed by atoms with Crippen molar-refractivity contribution in [1.29, 1.82) is 0 Å². The Morgan fingerprint density at radius 1 is 0.337 bits per heavy atom. The second-order valence-electron chi connectivity index (χ2n) is 38.1. The molecule has 0 spiro atoms. The molecule has 8 rings (SSSR count). The Morgan fingerprint density at radius 2 is 0.827 bits per heavy atom. The molecule has 0 amide bonds. The number of hydrogen-bond donors (Lipinski definition) is 8. The molecule has 8 saturated carbocycles. The predicted molar refractivity (Wildman–Crippen MR) is 425 cm³/mol. The lowest BCUT2D eigenvalue weighted by molar-refractivity contribution is 0.0111. The molecular weight excluding hydrogens is 1210 g/mol. The van der Waals surface area contributed by atoms with Gasteiger partial charge in [0.2, 0.25) is 0 Å². The van der Waals surface area contributed by atoms with Gasteiger partial charge in [-0.2, -0.15) is 0 Å². The summed E-state index contributed by atoms with van der Waals surface area (Å²) in [6.45, 7) is 80.7. The van der Waals surface area contributed by atoms with Gasteiger partial charge >= 0.3 is 0 Å². The molecule has 8 aliphatic rings. The van der Waals surface area contributed by atoms with E-state index in [1.54, 1.807) is 0 Å². The fraction of sp³-hybridized carbons (Fsp3) is 0.822. The molecule has 8 nitrogen and oxygen atoms in total. The van der Waals surface area contributed by atoms with Crippen molar-refractivity contribution in [3.63, 3.8) is 0 Å². The minimum atomic E-state index is -0.126. The van der Waals surface area contributed by atoms with Crippen LogP contribution in [0.3, 0.4) is 0 Å². The maximum absolute atomic E-state index is 9.91. The Hall–Kier alpha value is -2.40. The minimum Gasteiger partial charge on any atom is -0.393 e. The van der Waals surface area contributed by atoms with Crippen LogP contribution < -0.4 is 0 Å². The molecule has 8 aliphatic carbocycles. The Balaban J connectivity index is 0.000000560. The van der Waals surface area contributed by atoms with E-state index in [4.69, 9.17) is 0 Å². The third kappa shape index (κ3) is 28.9. The van der Waals surface area contributed by atoms with Gasteiger partial charge in [0.05, 0.1) is 48.8 Å². The van der Waals surface area contributed by atoms with Crippen LogP contribution in [-0.2, 0) is 0 Å². The first-order valence-electron chi connectivity index (χ1n) is 39.3. The highest BCUT2D eigenvalue weighted by molar-refractivity contribution is 5.14. The zero-order valence-electron chi connectivity index (χ0n) is 69.2. The number of rotatable bonds is 8. The quantitative estimate of drug-likeness (QED) is 0.111. The van der Waals surface area contributed by atoms with Crippen LogP contribution >= 0.6 is 0 Å². The van der Waals surface area contributed by atoms with Gasteiger partial charge in [-0.1, -0.05) is 213 Å². The SMILES string of the molecule is C=C(C)C1(C)CC(C)CC(O)C1.C=C(C)C1(C)CC(O)CCC1C.C=C(C)C1(C)CCC(C)C(O)C1.C=C(C)C1(C)CCC(O)C(C)C1.C=C(C)C1(C)CCC(O)CC1C.C=C(C)C1(C)CCCC(O)C1C.CC(C)=CC1C(O)CCCC1(C)C.CC(C)=CC1CC(C)(C)CCC1O. The Kier molecular flexibility index (Phi) is 38.4. The van der Waals surface area contributed by atoms with Crippen LogP contribution in [0.15, 0.2) is 96.2 Å². The van der Waals surface area contributed by atoms with Crippen LogP contribution in [0.25, 0.3) is 0 Å². The van der Waals surface area contributed by atoms with Crippen molar-refractivity contribution in [1.82, 2.24) is 0 Å². The van der Waals surface area contributed by atoms with Gasteiger partial charge in [-0.25, -0.2) is 0 Å². The fourth-order valence-electron chi connectivity index (χ4n) is 17.4. The monoisotopic (exact) mass is 1370 g/mol. The second kappa shape index (κ2) is 40.2. The first-order valence-corrected chi connectivity index (χ1v) is 39.3. The van der Waals surface area contributed by atoms with E-state index >= 15 is 0 Å². The lowest BCUT2D eigenvalue weighted by Gasteiger charge is -2.43. The van der Waals surface area contributed by atoms with E-state index in [2.05, 4.69) is 232 Å². The van der Waals surface area contributed by atoms with E-state index in [9.17, 15) is 40.9 Å². The normalized spacial score (nSPS) is 40.0. The molecule has 0 aromatic rings. The topological polar surface area (TPSA) is 162 Å². The molecule has 0 bridgehead atoms.